The Kier molecular flexibility index (Phi) is 5.07. The van der Waals surface area contributed by atoms with E-state index >= 15 is 0 Å². The molecular formula is C29H38O. The van der Waals surface area contributed by atoms with Gasteiger partial charge in [0, 0.05) is 5.92 Å². The molecule has 4 aliphatic carbocycles. The average molecular weight is 403 g/mol. The van der Waals surface area contributed by atoms with E-state index in [1.807, 2.05) is 6.08 Å². The van der Waals surface area contributed by atoms with Crippen molar-refractivity contribution in [2.45, 2.75) is 78.6 Å². The fourth-order valence-corrected chi connectivity index (χ4v) is 8.23. The molecule has 0 radical (unpaired) electrons. The highest BCUT2D eigenvalue weighted by Gasteiger charge is 2.59. The van der Waals surface area contributed by atoms with Crippen molar-refractivity contribution in [2.24, 2.45) is 34.5 Å². The number of hydrogen-bond donors (Lipinski definition) is 0. The monoisotopic (exact) mass is 402 g/mol. The number of hydrogen-bond acceptors (Lipinski definition) is 1. The van der Waals surface area contributed by atoms with Gasteiger partial charge in [-0.25, -0.2) is 0 Å². The van der Waals surface area contributed by atoms with E-state index < -0.39 is 0 Å². The summed E-state index contributed by atoms with van der Waals surface area (Å²) in [6.45, 7) is 7.17. The maximum absolute atomic E-state index is 13.3. The summed E-state index contributed by atoms with van der Waals surface area (Å²) in [6.07, 6.45) is 18.3. The standard InChI is InChI=1S/C29H38O/c1-20-8-4-5-9-21(20)11-16-27(30)26-15-14-24-23-13-12-22-10-6-7-18-28(22,2)25(23)17-19-29(24,26)3/h4-5,8-9,11-12,16,23-26H,6-7,10,13-15,17-19H2,1-3H3/b16-11+. The van der Waals surface area contributed by atoms with Gasteiger partial charge in [-0.15, -0.1) is 0 Å². The molecule has 0 N–H and O–H groups in total. The molecule has 5 rings (SSSR count). The van der Waals surface area contributed by atoms with Gasteiger partial charge in [0.2, 0.25) is 0 Å². The molecule has 1 aromatic rings. The van der Waals surface area contributed by atoms with Crippen LogP contribution in [0.2, 0.25) is 0 Å². The third kappa shape index (κ3) is 3.07. The van der Waals surface area contributed by atoms with Crippen molar-refractivity contribution in [3.05, 3.63) is 53.1 Å². The fraction of sp³-hybridized carbons (Fsp3) is 0.621. The first-order chi connectivity index (χ1) is 14.4. The highest BCUT2D eigenvalue weighted by atomic mass is 16.1. The third-order valence-electron chi connectivity index (χ3n) is 9.98. The number of benzene rings is 1. The van der Waals surface area contributed by atoms with Gasteiger partial charge in [-0.05, 0) is 104 Å². The molecule has 3 fully saturated rings. The molecule has 3 saturated carbocycles. The predicted molar refractivity (Wildman–Crippen MR) is 125 cm³/mol. The van der Waals surface area contributed by atoms with Gasteiger partial charge in [0.25, 0.3) is 0 Å². The minimum atomic E-state index is 0.199. The molecule has 0 aliphatic heterocycles. The van der Waals surface area contributed by atoms with E-state index in [4.69, 9.17) is 0 Å². The van der Waals surface area contributed by atoms with Crippen LogP contribution >= 0.6 is 0 Å². The topological polar surface area (TPSA) is 17.1 Å². The summed E-state index contributed by atoms with van der Waals surface area (Å²) < 4.78 is 0. The molecule has 6 unspecified atom stereocenters. The molecule has 0 aromatic heterocycles. The van der Waals surface area contributed by atoms with Crippen LogP contribution in [0.3, 0.4) is 0 Å². The van der Waals surface area contributed by atoms with Crippen LogP contribution in [0.4, 0.5) is 0 Å². The molecule has 0 bridgehead atoms. The van der Waals surface area contributed by atoms with Gasteiger partial charge in [-0.3, -0.25) is 4.79 Å². The Bertz CT molecular complexity index is 891. The first-order valence-electron chi connectivity index (χ1n) is 12.4. The number of allylic oxidation sites excluding steroid dienone is 3. The number of carbonyl (C=O) groups excluding carboxylic acids is 1. The molecule has 6 atom stereocenters. The van der Waals surface area contributed by atoms with Gasteiger partial charge in [-0.2, -0.15) is 0 Å². The minimum Gasteiger partial charge on any atom is -0.295 e. The lowest BCUT2D eigenvalue weighted by atomic mass is 9.47. The maximum atomic E-state index is 13.3. The molecule has 1 nitrogen and oxygen atoms in total. The van der Waals surface area contributed by atoms with E-state index in [1.165, 1.54) is 62.5 Å². The van der Waals surface area contributed by atoms with Crippen molar-refractivity contribution in [1.82, 2.24) is 0 Å². The Morgan fingerprint density at radius 3 is 2.70 bits per heavy atom. The summed E-state index contributed by atoms with van der Waals surface area (Å²) in [5, 5.41) is 0. The van der Waals surface area contributed by atoms with Gasteiger partial charge in [0.05, 0.1) is 0 Å². The molecule has 0 heterocycles. The molecule has 0 saturated heterocycles. The average Bonchev–Trinajstić information content (AvgIpc) is 3.10. The highest BCUT2D eigenvalue weighted by molar-refractivity contribution is 5.96. The van der Waals surface area contributed by atoms with Gasteiger partial charge in [-0.1, -0.05) is 62.3 Å². The van der Waals surface area contributed by atoms with Crippen molar-refractivity contribution in [3.8, 4) is 0 Å². The summed E-state index contributed by atoms with van der Waals surface area (Å²) in [6, 6.07) is 8.35. The Labute approximate surface area is 183 Å². The number of ketones is 1. The smallest absolute Gasteiger partial charge is 0.159 e. The van der Waals surface area contributed by atoms with E-state index in [-0.39, 0.29) is 11.3 Å². The largest absolute Gasteiger partial charge is 0.295 e. The Balaban J connectivity index is 1.37. The van der Waals surface area contributed by atoms with Crippen molar-refractivity contribution in [2.75, 3.05) is 0 Å². The second-order valence-electron chi connectivity index (χ2n) is 11.2. The summed E-state index contributed by atoms with van der Waals surface area (Å²) >= 11 is 0. The molecule has 4 aliphatic rings. The highest BCUT2D eigenvalue weighted by Crippen LogP contribution is 2.66. The summed E-state index contributed by atoms with van der Waals surface area (Å²) in [5.74, 6) is 2.97. The number of rotatable bonds is 3. The van der Waals surface area contributed by atoms with Gasteiger partial charge in [0.1, 0.15) is 0 Å². The van der Waals surface area contributed by atoms with Crippen molar-refractivity contribution >= 4 is 11.9 Å². The fourth-order valence-electron chi connectivity index (χ4n) is 8.23. The van der Waals surface area contributed by atoms with E-state index in [1.54, 1.807) is 5.57 Å². The van der Waals surface area contributed by atoms with Crippen LogP contribution in [0, 0.1) is 41.4 Å². The summed E-state index contributed by atoms with van der Waals surface area (Å²) in [5.41, 5.74) is 4.85. The maximum Gasteiger partial charge on any atom is 0.159 e. The predicted octanol–water partition coefficient (Wildman–Crippen LogP) is 7.55. The summed E-state index contributed by atoms with van der Waals surface area (Å²) in [7, 11) is 0. The number of aryl methyl sites for hydroxylation is 1. The van der Waals surface area contributed by atoms with Crippen LogP contribution < -0.4 is 0 Å². The van der Waals surface area contributed by atoms with Crippen LogP contribution in [0.25, 0.3) is 6.08 Å². The van der Waals surface area contributed by atoms with E-state index in [0.717, 1.165) is 24.2 Å². The van der Waals surface area contributed by atoms with Crippen LogP contribution in [0.15, 0.2) is 42.0 Å². The molecule has 0 amide bonds. The van der Waals surface area contributed by atoms with Gasteiger partial charge >= 0.3 is 0 Å². The molecule has 30 heavy (non-hydrogen) atoms. The van der Waals surface area contributed by atoms with Crippen molar-refractivity contribution in [1.29, 1.82) is 0 Å². The van der Waals surface area contributed by atoms with Crippen LogP contribution in [0.5, 0.6) is 0 Å². The van der Waals surface area contributed by atoms with Crippen LogP contribution in [-0.4, -0.2) is 5.78 Å². The first-order valence-corrected chi connectivity index (χ1v) is 12.4. The van der Waals surface area contributed by atoms with Crippen molar-refractivity contribution in [3.63, 3.8) is 0 Å². The Morgan fingerprint density at radius 1 is 1.03 bits per heavy atom. The van der Waals surface area contributed by atoms with E-state index in [9.17, 15) is 4.79 Å². The van der Waals surface area contributed by atoms with Gasteiger partial charge < -0.3 is 0 Å². The van der Waals surface area contributed by atoms with Crippen LogP contribution in [-0.2, 0) is 4.79 Å². The van der Waals surface area contributed by atoms with Crippen LogP contribution in [0.1, 0.15) is 82.8 Å². The quantitative estimate of drug-likeness (QED) is 0.377. The third-order valence-corrected chi connectivity index (χ3v) is 9.98. The molecule has 0 spiro atoms. The minimum absolute atomic E-state index is 0.199. The first kappa shape index (κ1) is 20.3. The van der Waals surface area contributed by atoms with E-state index in [2.05, 4.69) is 57.2 Å². The second kappa shape index (κ2) is 7.50. The molecular weight excluding hydrogens is 364 g/mol. The van der Waals surface area contributed by atoms with Gasteiger partial charge in [0.15, 0.2) is 5.78 Å². The lowest BCUT2D eigenvalue weighted by Crippen LogP contribution is -2.50. The zero-order valence-electron chi connectivity index (χ0n) is 19.1. The normalized spacial score (nSPS) is 40.4. The lowest BCUT2D eigenvalue weighted by molar-refractivity contribution is -0.124. The number of fused-ring (bicyclic) bond motifs is 5. The van der Waals surface area contributed by atoms with E-state index in [0.29, 0.717) is 11.2 Å². The SMILES string of the molecule is Cc1ccccc1/C=C/C(=O)C1CCC2C3CC=C4CCCCC4(C)C3CCC12C. The molecule has 1 heteroatoms. The molecule has 1 aromatic carbocycles. The molecule has 160 valence electrons. The lowest BCUT2D eigenvalue weighted by Gasteiger charge is -2.57. The summed E-state index contributed by atoms with van der Waals surface area (Å²) in [4.78, 5) is 13.3. The second-order valence-corrected chi connectivity index (χ2v) is 11.2. The zero-order valence-corrected chi connectivity index (χ0v) is 19.1. The zero-order chi connectivity index (χ0) is 20.9. The number of carbonyl (C=O) groups is 1. The Morgan fingerprint density at radius 2 is 1.87 bits per heavy atom. The van der Waals surface area contributed by atoms with Crippen molar-refractivity contribution < 1.29 is 4.79 Å². The Hall–Kier alpha value is -1.63.